The number of hydrogen-bond donors (Lipinski definition) is 1. The van der Waals surface area contributed by atoms with Crippen LogP contribution in [-0.4, -0.2) is 44.7 Å². The minimum absolute atomic E-state index is 0.00525. The van der Waals surface area contributed by atoms with Crippen LogP contribution < -0.4 is 4.90 Å². The van der Waals surface area contributed by atoms with Crippen molar-refractivity contribution < 1.29 is 9.90 Å². The van der Waals surface area contributed by atoms with Gasteiger partial charge in [0, 0.05) is 19.6 Å². The number of rotatable bonds is 8. The van der Waals surface area contributed by atoms with E-state index in [9.17, 15) is 4.79 Å². The van der Waals surface area contributed by atoms with Gasteiger partial charge in [0.25, 0.3) is 0 Å². The van der Waals surface area contributed by atoms with Gasteiger partial charge in [0.05, 0.1) is 5.75 Å². The largest absolute Gasteiger partial charge is 0.481 e. The predicted octanol–water partition coefficient (Wildman–Crippen LogP) is 2.35. The fourth-order valence-corrected chi connectivity index (χ4v) is 2.50. The molecule has 0 amide bonds. The molecule has 1 N–H and O–H groups in total. The lowest BCUT2D eigenvalue weighted by atomic mass is 10.1. The Kier molecular flexibility index (Phi) is 6.32. The van der Waals surface area contributed by atoms with E-state index in [-0.39, 0.29) is 5.75 Å². The number of carboxylic acid groups (broad SMARTS) is 1. The van der Waals surface area contributed by atoms with Gasteiger partial charge in [0.2, 0.25) is 5.95 Å². The molecule has 1 aromatic heterocycles. The first kappa shape index (κ1) is 16.8. The third-order valence-electron chi connectivity index (χ3n) is 3.36. The topological polar surface area (TPSA) is 71.2 Å². The first-order valence-electron chi connectivity index (χ1n) is 6.89. The van der Waals surface area contributed by atoms with Crippen LogP contribution >= 0.6 is 11.8 Å². The Morgan fingerprint density at radius 1 is 1.40 bits per heavy atom. The number of nitrogens with zero attached hydrogens (tertiary/aromatic N) is 4. The second-order valence-corrected chi connectivity index (χ2v) is 6.15. The number of thioether (sulfide) groups is 1. The van der Waals surface area contributed by atoms with Crippen molar-refractivity contribution in [3.8, 4) is 0 Å². The number of hydrogen-bond acceptors (Lipinski definition) is 5. The van der Waals surface area contributed by atoms with E-state index < -0.39 is 5.97 Å². The van der Waals surface area contributed by atoms with E-state index in [0.717, 1.165) is 18.9 Å². The lowest BCUT2D eigenvalue weighted by molar-refractivity contribution is -0.133. The third-order valence-corrected chi connectivity index (χ3v) is 4.31. The highest BCUT2D eigenvalue weighted by atomic mass is 32.2. The highest BCUT2D eigenvalue weighted by Gasteiger charge is 2.21. The van der Waals surface area contributed by atoms with E-state index in [2.05, 4.69) is 42.8 Å². The Bertz CT molecular complexity index is 448. The van der Waals surface area contributed by atoms with E-state index in [1.165, 1.54) is 11.8 Å². The van der Waals surface area contributed by atoms with Gasteiger partial charge in [-0.1, -0.05) is 32.5 Å². The minimum atomic E-state index is -0.841. The van der Waals surface area contributed by atoms with Crippen LogP contribution in [0.2, 0.25) is 0 Å². The Labute approximate surface area is 124 Å². The van der Waals surface area contributed by atoms with Gasteiger partial charge in [0.1, 0.15) is 0 Å². The molecule has 7 heteroatoms. The zero-order valence-electron chi connectivity index (χ0n) is 12.8. The van der Waals surface area contributed by atoms with Crippen LogP contribution in [0.5, 0.6) is 0 Å². The quantitative estimate of drug-likeness (QED) is 0.743. The second kappa shape index (κ2) is 7.52. The van der Waals surface area contributed by atoms with Crippen LogP contribution in [-0.2, 0) is 11.3 Å². The smallest absolute Gasteiger partial charge is 0.313 e. The first-order valence-corrected chi connectivity index (χ1v) is 7.87. The summed E-state index contributed by atoms with van der Waals surface area (Å²) in [6, 6.07) is 0.340. The van der Waals surface area contributed by atoms with E-state index >= 15 is 0 Å². The molecule has 0 saturated heterocycles. The number of carboxylic acids is 1. The van der Waals surface area contributed by atoms with E-state index in [0.29, 0.717) is 17.1 Å². The average Bonchev–Trinajstić information content (AvgIpc) is 2.78. The zero-order valence-corrected chi connectivity index (χ0v) is 13.6. The summed E-state index contributed by atoms with van der Waals surface area (Å²) in [6.45, 7) is 9.37. The van der Waals surface area contributed by atoms with Crippen LogP contribution in [0.15, 0.2) is 5.16 Å². The molecule has 0 bridgehead atoms. The Morgan fingerprint density at radius 3 is 2.55 bits per heavy atom. The van der Waals surface area contributed by atoms with Crippen LogP contribution in [0.4, 0.5) is 5.95 Å². The normalized spacial score (nSPS) is 12.7. The highest BCUT2D eigenvalue weighted by Crippen LogP contribution is 2.24. The van der Waals surface area contributed by atoms with E-state index in [1.807, 2.05) is 11.6 Å². The van der Waals surface area contributed by atoms with Gasteiger partial charge in [-0.05, 0) is 19.3 Å². The maximum absolute atomic E-state index is 10.7. The summed E-state index contributed by atoms with van der Waals surface area (Å²) in [4.78, 5) is 12.8. The van der Waals surface area contributed by atoms with Crippen molar-refractivity contribution in [1.29, 1.82) is 0 Å². The van der Waals surface area contributed by atoms with Crippen molar-refractivity contribution in [1.82, 2.24) is 14.8 Å². The van der Waals surface area contributed by atoms with Gasteiger partial charge < -0.3 is 10.0 Å². The van der Waals surface area contributed by atoms with Gasteiger partial charge in [-0.15, -0.1) is 10.2 Å². The van der Waals surface area contributed by atoms with Crippen molar-refractivity contribution >= 4 is 23.7 Å². The molecule has 114 valence electrons. The third kappa shape index (κ3) is 4.13. The molecule has 0 aliphatic rings. The van der Waals surface area contributed by atoms with Gasteiger partial charge in [0.15, 0.2) is 5.16 Å². The van der Waals surface area contributed by atoms with Gasteiger partial charge in [-0.3, -0.25) is 9.36 Å². The molecule has 20 heavy (non-hydrogen) atoms. The lowest BCUT2D eigenvalue weighted by Gasteiger charge is -2.29. The maximum atomic E-state index is 10.7. The Balaban J connectivity index is 2.98. The molecule has 1 rings (SSSR count). The SMILES string of the molecule is CCCn1c(SCC(=O)O)nnc1N(C)C(C)C(C)C. The molecular formula is C13H24N4O2S. The van der Waals surface area contributed by atoms with Gasteiger partial charge in [-0.2, -0.15) is 0 Å². The molecule has 6 nitrogen and oxygen atoms in total. The summed E-state index contributed by atoms with van der Waals surface area (Å²) in [5.74, 6) is 0.472. The fourth-order valence-electron chi connectivity index (χ4n) is 1.82. The standard InChI is InChI=1S/C13H24N4O2S/c1-6-7-17-12(16(5)10(4)9(2)3)14-15-13(17)20-8-11(18)19/h9-10H,6-8H2,1-5H3,(H,18,19). The molecule has 0 aliphatic heterocycles. The molecule has 0 spiro atoms. The average molecular weight is 300 g/mol. The molecule has 0 radical (unpaired) electrons. The Hall–Kier alpha value is -1.24. The van der Waals surface area contributed by atoms with Crippen molar-refractivity contribution in [3.63, 3.8) is 0 Å². The number of carbonyl (C=O) groups is 1. The van der Waals surface area contributed by atoms with Crippen LogP contribution in [0.3, 0.4) is 0 Å². The lowest BCUT2D eigenvalue weighted by Crippen LogP contribution is -2.35. The van der Waals surface area contributed by atoms with Crippen LogP contribution in [0, 0.1) is 5.92 Å². The molecule has 1 heterocycles. The predicted molar refractivity (Wildman–Crippen MR) is 81.4 cm³/mol. The van der Waals surface area contributed by atoms with Gasteiger partial charge in [-0.25, -0.2) is 0 Å². The summed E-state index contributed by atoms with van der Waals surface area (Å²) in [7, 11) is 2.01. The zero-order chi connectivity index (χ0) is 15.3. The van der Waals surface area contributed by atoms with Crippen molar-refractivity contribution in [3.05, 3.63) is 0 Å². The van der Waals surface area contributed by atoms with Crippen LogP contribution in [0.25, 0.3) is 0 Å². The van der Waals surface area contributed by atoms with Crippen molar-refractivity contribution in [2.45, 2.75) is 51.9 Å². The van der Waals surface area contributed by atoms with E-state index in [4.69, 9.17) is 5.11 Å². The molecule has 1 aromatic rings. The molecule has 0 aromatic carbocycles. The summed E-state index contributed by atoms with van der Waals surface area (Å²) in [5.41, 5.74) is 0. The number of aromatic nitrogens is 3. The molecule has 1 unspecified atom stereocenters. The maximum Gasteiger partial charge on any atom is 0.313 e. The molecule has 0 aliphatic carbocycles. The molecule has 0 saturated carbocycles. The summed E-state index contributed by atoms with van der Waals surface area (Å²) < 4.78 is 2.01. The van der Waals surface area contributed by atoms with Gasteiger partial charge >= 0.3 is 5.97 Å². The molecule has 1 atom stereocenters. The van der Waals surface area contributed by atoms with Crippen molar-refractivity contribution in [2.75, 3.05) is 17.7 Å². The highest BCUT2D eigenvalue weighted by molar-refractivity contribution is 7.99. The summed E-state index contributed by atoms with van der Waals surface area (Å²) in [5, 5.41) is 17.8. The summed E-state index contributed by atoms with van der Waals surface area (Å²) >= 11 is 1.22. The Morgan fingerprint density at radius 2 is 2.05 bits per heavy atom. The van der Waals surface area contributed by atoms with Crippen molar-refractivity contribution in [2.24, 2.45) is 5.92 Å². The second-order valence-electron chi connectivity index (χ2n) is 5.21. The minimum Gasteiger partial charge on any atom is -0.481 e. The number of anilines is 1. The number of aliphatic carboxylic acids is 1. The van der Waals surface area contributed by atoms with Crippen LogP contribution in [0.1, 0.15) is 34.1 Å². The monoisotopic (exact) mass is 300 g/mol. The first-order chi connectivity index (χ1) is 9.38. The summed E-state index contributed by atoms with van der Waals surface area (Å²) in [6.07, 6.45) is 0.954. The fraction of sp³-hybridized carbons (Fsp3) is 0.769. The molecule has 0 fully saturated rings. The van der Waals surface area contributed by atoms with E-state index in [1.54, 1.807) is 0 Å². The molecular weight excluding hydrogens is 276 g/mol.